The summed E-state index contributed by atoms with van der Waals surface area (Å²) in [5.41, 5.74) is 2.12. The van der Waals surface area contributed by atoms with Crippen molar-refractivity contribution < 1.29 is 9.47 Å². The van der Waals surface area contributed by atoms with Gasteiger partial charge in [0.1, 0.15) is 17.6 Å². The molecule has 4 rings (SSSR count). The van der Waals surface area contributed by atoms with Crippen molar-refractivity contribution in [2.45, 2.75) is 57.3 Å². The lowest BCUT2D eigenvalue weighted by Gasteiger charge is -2.29. The number of nitrogens with zero attached hydrogens (tertiary/aromatic N) is 1. The molecule has 2 aliphatic rings. The summed E-state index contributed by atoms with van der Waals surface area (Å²) in [6.07, 6.45) is 7.77. The summed E-state index contributed by atoms with van der Waals surface area (Å²) in [6, 6.07) is 16.3. The first-order chi connectivity index (χ1) is 15.1. The van der Waals surface area contributed by atoms with Gasteiger partial charge in [0.2, 0.25) is 0 Å². The summed E-state index contributed by atoms with van der Waals surface area (Å²) in [5.74, 6) is 1.87. The number of ether oxygens (including phenoxy) is 2. The zero-order chi connectivity index (χ0) is 21.5. The van der Waals surface area contributed by atoms with Gasteiger partial charge in [-0.25, -0.2) is 0 Å². The number of benzene rings is 2. The molecule has 166 valence electrons. The van der Waals surface area contributed by atoms with Crippen LogP contribution in [0.3, 0.4) is 0 Å². The van der Waals surface area contributed by atoms with Crippen LogP contribution < -0.4 is 20.1 Å². The van der Waals surface area contributed by atoms with Crippen molar-refractivity contribution in [3.63, 3.8) is 0 Å². The highest BCUT2D eigenvalue weighted by atomic mass is 32.1. The van der Waals surface area contributed by atoms with Gasteiger partial charge in [-0.05, 0) is 99.8 Å². The van der Waals surface area contributed by atoms with Gasteiger partial charge >= 0.3 is 0 Å². The quantitative estimate of drug-likeness (QED) is 0.594. The molecule has 1 saturated heterocycles. The molecule has 6 heteroatoms. The molecule has 0 amide bonds. The predicted molar refractivity (Wildman–Crippen MR) is 130 cm³/mol. The Labute approximate surface area is 191 Å². The van der Waals surface area contributed by atoms with Gasteiger partial charge < -0.3 is 25.0 Å². The lowest BCUT2D eigenvalue weighted by atomic mass is 10.1. The Kier molecular flexibility index (Phi) is 7.65. The van der Waals surface area contributed by atoms with E-state index in [1.165, 1.54) is 31.2 Å². The van der Waals surface area contributed by atoms with E-state index in [0.29, 0.717) is 23.9 Å². The third kappa shape index (κ3) is 6.84. The van der Waals surface area contributed by atoms with E-state index < -0.39 is 0 Å². The minimum atomic E-state index is 0.326. The Morgan fingerprint density at radius 1 is 0.871 bits per heavy atom. The maximum absolute atomic E-state index is 6.12. The molecule has 0 aromatic heterocycles. The zero-order valence-corrected chi connectivity index (χ0v) is 19.1. The van der Waals surface area contributed by atoms with Crippen LogP contribution in [0.4, 0.5) is 5.69 Å². The Balaban J connectivity index is 1.18. The summed E-state index contributed by atoms with van der Waals surface area (Å²) in [4.78, 5) is 2.35. The van der Waals surface area contributed by atoms with Crippen molar-refractivity contribution >= 4 is 23.0 Å². The molecule has 0 bridgehead atoms. The first-order valence-electron chi connectivity index (χ1n) is 11.4. The molecular formula is C25H33N3O2S. The fourth-order valence-electron chi connectivity index (χ4n) is 4.15. The first-order valence-corrected chi connectivity index (χ1v) is 11.8. The maximum atomic E-state index is 6.12. The lowest BCUT2D eigenvalue weighted by molar-refractivity contribution is 0.114. The Morgan fingerprint density at radius 2 is 1.42 bits per heavy atom. The molecule has 1 heterocycles. The molecule has 1 aliphatic carbocycles. The predicted octanol–water partition coefficient (Wildman–Crippen LogP) is 4.97. The van der Waals surface area contributed by atoms with Gasteiger partial charge in [-0.2, -0.15) is 0 Å². The topological polar surface area (TPSA) is 45.8 Å². The van der Waals surface area contributed by atoms with Crippen LogP contribution >= 0.6 is 12.2 Å². The van der Waals surface area contributed by atoms with E-state index in [2.05, 4.69) is 46.8 Å². The van der Waals surface area contributed by atoms with E-state index in [1.54, 1.807) is 0 Å². The SMILES string of the molecule is CN1CCC(Oc2ccc(CNC(=S)Nc3ccc(OC4CCCC4)cc3)cc2)CC1. The third-order valence-corrected chi connectivity index (χ3v) is 6.31. The number of hydrogen-bond acceptors (Lipinski definition) is 4. The largest absolute Gasteiger partial charge is 0.490 e. The van der Waals surface area contributed by atoms with Crippen LogP contribution in [0.5, 0.6) is 11.5 Å². The Hall–Kier alpha value is -2.31. The highest BCUT2D eigenvalue weighted by Crippen LogP contribution is 2.25. The van der Waals surface area contributed by atoms with Gasteiger partial charge in [0.05, 0.1) is 6.10 Å². The monoisotopic (exact) mass is 439 g/mol. The molecule has 2 aromatic carbocycles. The summed E-state index contributed by atoms with van der Waals surface area (Å²) in [5, 5.41) is 7.11. The van der Waals surface area contributed by atoms with Crippen LogP contribution in [0.2, 0.25) is 0 Å². The molecule has 0 atom stereocenters. The molecule has 0 spiro atoms. The van der Waals surface area contributed by atoms with E-state index >= 15 is 0 Å². The highest BCUT2D eigenvalue weighted by Gasteiger charge is 2.18. The van der Waals surface area contributed by atoms with Crippen molar-refractivity contribution in [3.05, 3.63) is 54.1 Å². The number of hydrogen-bond donors (Lipinski definition) is 2. The van der Waals surface area contributed by atoms with Crippen LogP contribution in [0.15, 0.2) is 48.5 Å². The average Bonchev–Trinajstić information content (AvgIpc) is 3.29. The van der Waals surface area contributed by atoms with Crippen LogP contribution in [-0.2, 0) is 6.54 Å². The van der Waals surface area contributed by atoms with E-state index in [0.717, 1.165) is 43.1 Å². The van der Waals surface area contributed by atoms with Crippen LogP contribution in [0.25, 0.3) is 0 Å². The molecule has 2 N–H and O–H groups in total. The summed E-state index contributed by atoms with van der Waals surface area (Å²) in [6.45, 7) is 2.88. The van der Waals surface area contributed by atoms with Crippen LogP contribution in [0.1, 0.15) is 44.1 Å². The summed E-state index contributed by atoms with van der Waals surface area (Å²) < 4.78 is 12.1. The highest BCUT2D eigenvalue weighted by molar-refractivity contribution is 7.80. The molecule has 5 nitrogen and oxygen atoms in total. The number of rotatable bonds is 7. The van der Waals surface area contributed by atoms with Gasteiger partial charge in [0.25, 0.3) is 0 Å². The van der Waals surface area contributed by atoms with Crippen molar-refractivity contribution in [2.24, 2.45) is 0 Å². The van der Waals surface area contributed by atoms with Crippen molar-refractivity contribution in [2.75, 3.05) is 25.5 Å². The van der Waals surface area contributed by atoms with Crippen LogP contribution in [0, 0.1) is 0 Å². The molecule has 0 radical (unpaired) electrons. The second kappa shape index (κ2) is 10.8. The molecule has 2 aromatic rings. The zero-order valence-electron chi connectivity index (χ0n) is 18.3. The van der Waals surface area contributed by atoms with Gasteiger partial charge in [-0.15, -0.1) is 0 Å². The van der Waals surface area contributed by atoms with E-state index in [1.807, 2.05) is 24.3 Å². The van der Waals surface area contributed by atoms with Gasteiger partial charge in [0, 0.05) is 25.3 Å². The van der Waals surface area contributed by atoms with Crippen molar-refractivity contribution in [3.8, 4) is 11.5 Å². The second-order valence-corrected chi connectivity index (χ2v) is 9.03. The second-order valence-electron chi connectivity index (χ2n) is 8.62. The Morgan fingerprint density at radius 3 is 2.03 bits per heavy atom. The molecule has 0 unspecified atom stereocenters. The standard InChI is InChI=1S/C25H33N3O2S/c1-28-16-14-24(15-17-28)30-22-10-6-19(7-11-22)18-26-25(31)27-20-8-12-23(13-9-20)29-21-4-2-3-5-21/h6-13,21,24H,2-5,14-18H2,1H3,(H2,26,27,31). The minimum absolute atomic E-state index is 0.326. The van der Waals surface area contributed by atoms with Crippen molar-refractivity contribution in [1.29, 1.82) is 0 Å². The van der Waals surface area contributed by atoms with E-state index in [4.69, 9.17) is 21.7 Å². The van der Waals surface area contributed by atoms with Crippen molar-refractivity contribution in [1.82, 2.24) is 10.2 Å². The molecule has 1 aliphatic heterocycles. The number of nitrogens with one attached hydrogen (secondary N) is 2. The van der Waals surface area contributed by atoms with E-state index in [9.17, 15) is 0 Å². The summed E-state index contributed by atoms with van der Waals surface area (Å²) >= 11 is 5.45. The fraction of sp³-hybridized carbons (Fsp3) is 0.480. The van der Waals surface area contributed by atoms with Gasteiger partial charge in [-0.1, -0.05) is 12.1 Å². The van der Waals surface area contributed by atoms with E-state index in [-0.39, 0.29) is 0 Å². The number of thiocarbonyl (C=S) groups is 1. The smallest absolute Gasteiger partial charge is 0.171 e. The molecule has 2 fully saturated rings. The Bertz CT molecular complexity index is 827. The number of anilines is 1. The normalized spacial score (nSPS) is 18.0. The number of likely N-dealkylation sites (tertiary alicyclic amines) is 1. The van der Waals surface area contributed by atoms with Crippen LogP contribution in [-0.4, -0.2) is 42.4 Å². The minimum Gasteiger partial charge on any atom is -0.490 e. The maximum Gasteiger partial charge on any atom is 0.171 e. The fourth-order valence-corrected chi connectivity index (χ4v) is 4.34. The van der Waals surface area contributed by atoms with Gasteiger partial charge in [0.15, 0.2) is 5.11 Å². The molecule has 1 saturated carbocycles. The summed E-state index contributed by atoms with van der Waals surface area (Å²) in [7, 11) is 2.16. The third-order valence-electron chi connectivity index (χ3n) is 6.06. The molecule has 31 heavy (non-hydrogen) atoms. The average molecular weight is 440 g/mol. The molecular weight excluding hydrogens is 406 g/mol. The van der Waals surface area contributed by atoms with Gasteiger partial charge in [-0.3, -0.25) is 0 Å². The number of piperidine rings is 1. The lowest BCUT2D eigenvalue weighted by Crippen LogP contribution is -2.35. The first kappa shape index (κ1) is 21.9.